The van der Waals surface area contributed by atoms with Crippen LogP contribution in [-0.2, 0) is 12.6 Å². The molecule has 2 aromatic heterocycles. The van der Waals surface area contributed by atoms with Crippen molar-refractivity contribution in [2.75, 3.05) is 13.1 Å². The Morgan fingerprint density at radius 1 is 1.25 bits per heavy atom. The molecule has 1 N–H and O–H groups in total. The summed E-state index contributed by atoms with van der Waals surface area (Å²) in [5.41, 5.74) is 0.670. The highest BCUT2D eigenvalue weighted by Gasteiger charge is 2.31. The third kappa shape index (κ3) is 2.63. The van der Waals surface area contributed by atoms with E-state index in [0.29, 0.717) is 11.6 Å². The van der Waals surface area contributed by atoms with E-state index >= 15 is 0 Å². The number of aromatic nitrogens is 3. The average molecular weight is 284 g/mol. The second-order valence-corrected chi connectivity index (χ2v) is 5.18. The van der Waals surface area contributed by atoms with Gasteiger partial charge in [-0.25, -0.2) is 9.50 Å². The predicted molar refractivity (Wildman–Crippen MR) is 67.3 cm³/mol. The van der Waals surface area contributed by atoms with Crippen LogP contribution >= 0.6 is 0 Å². The Hall–Kier alpha value is -1.63. The molecule has 0 radical (unpaired) electrons. The van der Waals surface area contributed by atoms with Crippen LogP contribution in [0.5, 0.6) is 0 Å². The fourth-order valence-electron chi connectivity index (χ4n) is 2.61. The van der Waals surface area contributed by atoms with E-state index in [2.05, 4.69) is 15.4 Å². The van der Waals surface area contributed by atoms with E-state index in [9.17, 15) is 13.2 Å². The van der Waals surface area contributed by atoms with E-state index in [1.807, 2.05) is 0 Å². The maximum Gasteiger partial charge on any atom is 0.419 e. The van der Waals surface area contributed by atoms with Crippen molar-refractivity contribution >= 4 is 5.65 Å². The molecular formula is C13H15F3N4. The third-order valence-electron chi connectivity index (χ3n) is 3.72. The normalized spacial score (nSPS) is 17.8. The van der Waals surface area contributed by atoms with Crippen LogP contribution in [0.2, 0.25) is 0 Å². The van der Waals surface area contributed by atoms with Crippen LogP contribution < -0.4 is 5.32 Å². The Balaban J connectivity index is 1.86. The van der Waals surface area contributed by atoms with Gasteiger partial charge in [-0.1, -0.05) is 0 Å². The Labute approximate surface area is 114 Å². The van der Waals surface area contributed by atoms with Crippen LogP contribution in [0.4, 0.5) is 13.2 Å². The standard InChI is InChI=1S/C13H15F3N4/c14-13(15,16)11-7-18-12-10(6-19-20(12)8-11)5-9-1-3-17-4-2-9/h6-9,17H,1-5H2. The highest BCUT2D eigenvalue weighted by atomic mass is 19.4. The Bertz CT molecular complexity index is 599. The molecule has 20 heavy (non-hydrogen) atoms. The minimum absolute atomic E-state index is 0.525. The van der Waals surface area contributed by atoms with Crippen molar-refractivity contribution in [3.63, 3.8) is 0 Å². The Morgan fingerprint density at radius 2 is 2.00 bits per heavy atom. The number of nitrogens with one attached hydrogen (secondary N) is 1. The van der Waals surface area contributed by atoms with Crippen LogP contribution in [0.1, 0.15) is 24.0 Å². The van der Waals surface area contributed by atoms with E-state index < -0.39 is 11.7 Å². The van der Waals surface area contributed by atoms with E-state index in [1.54, 1.807) is 6.20 Å². The highest BCUT2D eigenvalue weighted by molar-refractivity contribution is 5.46. The molecule has 3 heterocycles. The molecule has 1 aliphatic heterocycles. The second kappa shape index (κ2) is 5.05. The zero-order valence-electron chi connectivity index (χ0n) is 10.8. The minimum atomic E-state index is -4.39. The van der Waals surface area contributed by atoms with Gasteiger partial charge in [-0.15, -0.1) is 0 Å². The predicted octanol–water partition coefficient (Wildman–Crippen LogP) is 2.29. The average Bonchev–Trinajstić information content (AvgIpc) is 2.81. The summed E-state index contributed by atoms with van der Waals surface area (Å²) in [5, 5.41) is 7.29. The van der Waals surface area contributed by atoms with Gasteiger partial charge in [0.1, 0.15) is 0 Å². The highest BCUT2D eigenvalue weighted by Crippen LogP contribution is 2.29. The summed E-state index contributed by atoms with van der Waals surface area (Å²) in [5.74, 6) is 0.549. The van der Waals surface area contributed by atoms with Crippen LogP contribution in [-0.4, -0.2) is 27.7 Å². The summed E-state index contributed by atoms with van der Waals surface area (Å²) in [7, 11) is 0. The van der Waals surface area contributed by atoms with Crippen molar-refractivity contribution in [2.24, 2.45) is 5.92 Å². The smallest absolute Gasteiger partial charge is 0.317 e. The number of hydrogen-bond acceptors (Lipinski definition) is 3. The molecule has 3 rings (SSSR count). The lowest BCUT2D eigenvalue weighted by Crippen LogP contribution is -2.28. The Kier molecular flexibility index (Phi) is 3.37. The molecule has 4 nitrogen and oxygen atoms in total. The van der Waals surface area contributed by atoms with Crippen molar-refractivity contribution in [2.45, 2.75) is 25.4 Å². The van der Waals surface area contributed by atoms with E-state index in [0.717, 1.165) is 50.3 Å². The fraction of sp³-hybridized carbons (Fsp3) is 0.538. The molecule has 0 saturated carbocycles. The monoisotopic (exact) mass is 284 g/mol. The SMILES string of the molecule is FC(F)(F)c1cnc2c(CC3CCNCC3)cnn2c1. The molecule has 0 aliphatic carbocycles. The minimum Gasteiger partial charge on any atom is -0.317 e. The van der Waals surface area contributed by atoms with Gasteiger partial charge >= 0.3 is 6.18 Å². The molecule has 1 aliphatic rings. The summed E-state index contributed by atoms with van der Waals surface area (Å²) in [4.78, 5) is 3.94. The zero-order valence-corrected chi connectivity index (χ0v) is 10.8. The molecule has 0 aromatic carbocycles. The van der Waals surface area contributed by atoms with Crippen molar-refractivity contribution in [1.29, 1.82) is 0 Å². The van der Waals surface area contributed by atoms with Gasteiger partial charge in [0.15, 0.2) is 5.65 Å². The van der Waals surface area contributed by atoms with Gasteiger partial charge in [0.2, 0.25) is 0 Å². The topological polar surface area (TPSA) is 42.2 Å². The summed E-state index contributed by atoms with van der Waals surface area (Å²) in [6.45, 7) is 1.99. The first-order valence-corrected chi connectivity index (χ1v) is 6.64. The molecule has 1 saturated heterocycles. The lowest BCUT2D eigenvalue weighted by molar-refractivity contribution is -0.138. The summed E-state index contributed by atoms with van der Waals surface area (Å²) in [6.07, 6.45) is 2.10. The molecule has 2 aromatic rings. The largest absolute Gasteiger partial charge is 0.419 e. The number of alkyl halides is 3. The van der Waals surface area contributed by atoms with Gasteiger partial charge in [-0.2, -0.15) is 18.3 Å². The van der Waals surface area contributed by atoms with Crippen LogP contribution in [0, 0.1) is 5.92 Å². The Morgan fingerprint density at radius 3 is 2.70 bits per heavy atom. The molecule has 0 atom stereocenters. The van der Waals surface area contributed by atoms with Crippen molar-refractivity contribution in [3.8, 4) is 0 Å². The number of nitrogens with zero attached hydrogens (tertiary/aromatic N) is 3. The van der Waals surface area contributed by atoms with Crippen LogP contribution in [0.3, 0.4) is 0 Å². The molecule has 0 unspecified atom stereocenters. The third-order valence-corrected chi connectivity index (χ3v) is 3.72. The van der Waals surface area contributed by atoms with Gasteiger partial charge in [0.05, 0.1) is 11.8 Å². The quantitative estimate of drug-likeness (QED) is 0.920. The van der Waals surface area contributed by atoms with Gasteiger partial charge in [-0.3, -0.25) is 0 Å². The molecule has 0 amide bonds. The van der Waals surface area contributed by atoms with Gasteiger partial charge in [0.25, 0.3) is 0 Å². The number of halogens is 3. The van der Waals surface area contributed by atoms with Gasteiger partial charge in [0, 0.05) is 18.0 Å². The number of rotatable bonds is 2. The van der Waals surface area contributed by atoms with Gasteiger partial charge < -0.3 is 5.32 Å². The summed E-state index contributed by atoms with van der Waals surface area (Å²) < 4.78 is 39.0. The van der Waals surface area contributed by atoms with Crippen molar-refractivity contribution in [1.82, 2.24) is 19.9 Å². The maximum atomic E-state index is 12.6. The first kappa shape index (κ1) is 13.4. The number of piperidine rings is 1. The first-order valence-electron chi connectivity index (χ1n) is 6.64. The lowest BCUT2D eigenvalue weighted by Gasteiger charge is -2.21. The number of hydrogen-bond donors (Lipinski definition) is 1. The van der Waals surface area contributed by atoms with Crippen molar-refractivity contribution < 1.29 is 13.2 Å². The molecule has 0 spiro atoms. The number of fused-ring (bicyclic) bond motifs is 1. The molecule has 108 valence electrons. The summed E-state index contributed by atoms with van der Waals surface area (Å²) in [6, 6.07) is 0. The molecule has 0 bridgehead atoms. The summed E-state index contributed by atoms with van der Waals surface area (Å²) >= 11 is 0. The molecular weight excluding hydrogens is 269 g/mol. The zero-order chi connectivity index (χ0) is 14.2. The van der Waals surface area contributed by atoms with E-state index in [-0.39, 0.29) is 0 Å². The van der Waals surface area contributed by atoms with E-state index in [4.69, 9.17) is 0 Å². The van der Waals surface area contributed by atoms with Crippen LogP contribution in [0.15, 0.2) is 18.6 Å². The molecule has 1 fully saturated rings. The first-order chi connectivity index (χ1) is 9.54. The van der Waals surface area contributed by atoms with E-state index in [1.165, 1.54) is 4.52 Å². The molecule has 7 heteroatoms. The van der Waals surface area contributed by atoms with Crippen molar-refractivity contribution in [3.05, 3.63) is 29.7 Å². The van der Waals surface area contributed by atoms with Crippen LogP contribution in [0.25, 0.3) is 5.65 Å². The maximum absolute atomic E-state index is 12.6. The van der Waals surface area contributed by atoms with Gasteiger partial charge in [-0.05, 0) is 38.3 Å². The lowest BCUT2D eigenvalue weighted by atomic mass is 9.92. The second-order valence-electron chi connectivity index (χ2n) is 5.18. The fourth-order valence-corrected chi connectivity index (χ4v) is 2.61.